The van der Waals surface area contributed by atoms with Gasteiger partial charge in [0, 0.05) is 24.6 Å². The van der Waals surface area contributed by atoms with Crippen LogP contribution in [0.15, 0.2) is 18.2 Å². The van der Waals surface area contributed by atoms with E-state index in [0.29, 0.717) is 0 Å². The van der Waals surface area contributed by atoms with Crippen LogP contribution in [0, 0.1) is 17.6 Å². The Morgan fingerprint density at radius 2 is 1.94 bits per heavy atom. The van der Waals surface area contributed by atoms with Gasteiger partial charge in [0.1, 0.15) is 11.6 Å². The summed E-state index contributed by atoms with van der Waals surface area (Å²) in [5.41, 5.74) is -0.125. The Kier molecular flexibility index (Phi) is 2.87. The van der Waals surface area contributed by atoms with Gasteiger partial charge in [0.15, 0.2) is 0 Å². The highest BCUT2D eigenvalue weighted by Gasteiger charge is 2.36. The van der Waals surface area contributed by atoms with E-state index in [1.807, 2.05) is 0 Å². The predicted molar refractivity (Wildman–Crippen MR) is 53.1 cm³/mol. The van der Waals surface area contributed by atoms with Crippen molar-refractivity contribution in [1.29, 1.82) is 0 Å². The van der Waals surface area contributed by atoms with E-state index in [1.165, 1.54) is 6.07 Å². The molecule has 0 bridgehead atoms. The average molecular weight is 227 g/mol. The summed E-state index contributed by atoms with van der Waals surface area (Å²) >= 11 is 0. The van der Waals surface area contributed by atoms with Crippen molar-refractivity contribution in [1.82, 2.24) is 5.32 Å². The molecule has 0 amide bonds. The molecule has 1 saturated heterocycles. The summed E-state index contributed by atoms with van der Waals surface area (Å²) in [5, 5.41) is 11.8. The van der Waals surface area contributed by atoms with Gasteiger partial charge in [0.25, 0.3) is 0 Å². The van der Waals surface area contributed by atoms with Gasteiger partial charge in [-0.25, -0.2) is 8.78 Å². The number of carboxylic acids is 1. The molecule has 1 aliphatic rings. The highest BCUT2D eigenvalue weighted by molar-refractivity contribution is 5.72. The van der Waals surface area contributed by atoms with Gasteiger partial charge in [0.2, 0.25) is 0 Å². The maximum absolute atomic E-state index is 13.5. The summed E-state index contributed by atoms with van der Waals surface area (Å²) < 4.78 is 27.0. The Morgan fingerprint density at radius 1 is 1.31 bits per heavy atom. The van der Waals surface area contributed by atoms with Crippen LogP contribution in [0.4, 0.5) is 8.78 Å². The fourth-order valence-corrected chi connectivity index (χ4v) is 2.11. The third-order valence-electron chi connectivity index (χ3n) is 2.90. The van der Waals surface area contributed by atoms with Gasteiger partial charge >= 0.3 is 5.97 Å². The third kappa shape index (κ3) is 1.78. The summed E-state index contributed by atoms with van der Waals surface area (Å²) in [4.78, 5) is 10.9. The van der Waals surface area contributed by atoms with E-state index in [1.54, 1.807) is 0 Å². The number of hydrogen-bond donors (Lipinski definition) is 2. The van der Waals surface area contributed by atoms with E-state index in [4.69, 9.17) is 5.11 Å². The molecule has 1 fully saturated rings. The molecule has 0 aliphatic carbocycles. The molecule has 1 aromatic carbocycles. The Hall–Kier alpha value is -1.49. The van der Waals surface area contributed by atoms with Crippen LogP contribution >= 0.6 is 0 Å². The van der Waals surface area contributed by atoms with Crippen LogP contribution in [0.1, 0.15) is 11.5 Å². The number of carboxylic acid groups (broad SMARTS) is 1. The fraction of sp³-hybridized carbons (Fsp3) is 0.364. The Labute approximate surface area is 91.1 Å². The molecular weight excluding hydrogens is 216 g/mol. The second-order valence-electron chi connectivity index (χ2n) is 3.84. The molecule has 0 spiro atoms. The molecule has 86 valence electrons. The number of carbonyl (C=O) groups is 1. The van der Waals surface area contributed by atoms with Gasteiger partial charge in [-0.3, -0.25) is 4.79 Å². The van der Waals surface area contributed by atoms with E-state index in [2.05, 4.69) is 5.32 Å². The smallest absolute Gasteiger partial charge is 0.308 e. The van der Waals surface area contributed by atoms with E-state index in [9.17, 15) is 13.6 Å². The maximum atomic E-state index is 13.5. The summed E-state index contributed by atoms with van der Waals surface area (Å²) in [5.74, 6) is -3.80. The molecular formula is C11H11F2NO2. The first-order valence-corrected chi connectivity index (χ1v) is 4.98. The van der Waals surface area contributed by atoms with Crippen LogP contribution in [0.3, 0.4) is 0 Å². The highest BCUT2D eigenvalue weighted by atomic mass is 19.1. The minimum absolute atomic E-state index is 0.125. The third-order valence-corrected chi connectivity index (χ3v) is 2.90. The minimum Gasteiger partial charge on any atom is -0.481 e. The van der Waals surface area contributed by atoms with Crippen molar-refractivity contribution in [2.75, 3.05) is 13.1 Å². The molecule has 5 heteroatoms. The summed E-state index contributed by atoms with van der Waals surface area (Å²) in [7, 11) is 0. The normalized spacial score (nSPS) is 24.6. The van der Waals surface area contributed by atoms with Gasteiger partial charge in [-0.05, 0) is 12.1 Å². The molecule has 0 saturated carbocycles. The predicted octanol–water partition coefficient (Wildman–Crippen LogP) is 1.35. The number of benzene rings is 1. The first-order chi connectivity index (χ1) is 7.61. The minimum atomic E-state index is -1.03. The van der Waals surface area contributed by atoms with Gasteiger partial charge in [-0.2, -0.15) is 0 Å². The first-order valence-electron chi connectivity index (χ1n) is 4.98. The molecule has 2 unspecified atom stereocenters. The molecule has 2 atom stereocenters. The zero-order valence-corrected chi connectivity index (χ0v) is 8.41. The van der Waals surface area contributed by atoms with Gasteiger partial charge in [0.05, 0.1) is 5.92 Å². The number of rotatable bonds is 2. The van der Waals surface area contributed by atoms with Crippen LogP contribution in [-0.4, -0.2) is 24.2 Å². The van der Waals surface area contributed by atoms with Gasteiger partial charge < -0.3 is 10.4 Å². The Morgan fingerprint density at radius 3 is 2.50 bits per heavy atom. The SMILES string of the molecule is O=C(O)C1CNCC1c1c(F)cccc1F. The van der Waals surface area contributed by atoms with E-state index in [-0.39, 0.29) is 18.7 Å². The zero-order chi connectivity index (χ0) is 11.7. The van der Waals surface area contributed by atoms with Crippen LogP contribution in [0.25, 0.3) is 0 Å². The molecule has 1 aliphatic heterocycles. The lowest BCUT2D eigenvalue weighted by Gasteiger charge is -2.16. The quantitative estimate of drug-likeness (QED) is 0.801. The summed E-state index contributed by atoms with van der Waals surface area (Å²) in [6.45, 7) is 0.530. The Bertz CT molecular complexity index is 402. The van der Waals surface area contributed by atoms with Crippen molar-refractivity contribution >= 4 is 5.97 Å². The highest BCUT2D eigenvalue weighted by Crippen LogP contribution is 2.31. The van der Waals surface area contributed by atoms with Crippen molar-refractivity contribution < 1.29 is 18.7 Å². The second-order valence-corrected chi connectivity index (χ2v) is 3.84. The molecule has 0 radical (unpaired) electrons. The molecule has 1 aromatic rings. The zero-order valence-electron chi connectivity index (χ0n) is 8.41. The fourth-order valence-electron chi connectivity index (χ4n) is 2.11. The van der Waals surface area contributed by atoms with Crippen LogP contribution in [-0.2, 0) is 4.79 Å². The molecule has 2 rings (SSSR count). The van der Waals surface area contributed by atoms with E-state index < -0.39 is 29.4 Å². The van der Waals surface area contributed by atoms with Crippen LogP contribution < -0.4 is 5.32 Å². The number of halogens is 2. The van der Waals surface area contributed by atoms with Crippen molar-refractivity contribution in [3.05, 3.63) is 35.4 Å². The molecule has 2 N–H and O–H groups in total. The van der Waals surface area contributed by atoms with Gasteiger partial charge in [-0.15, -0.1) is 0 Å². The lowest BCUT2D eigenvalue weighted by atomic mass is 9.88. The first kappa shape index (κ1) is 11.0. The second kappa shape index (κ2) is 4.17. The number of aliphatic carboxylic acids is 1. The largest absolute Gasteiger partial charge is 0.481 e. The average Bonchev–Trinajstić information content (AvgIpc) is 2.66. The van der Waals surface area contributed by atoms with Crippen molar-refractivity contribution in [2.45, 2.75) is 5.92 Å². The number of hydrogen-bond acceptors (Lipinski definition) is 2. The summed E-state index contributed by atoms with van der Waals surface area (Å²) in [6, 6.07) is 3.57. The van der Waals surface area contributed by atoms with Crippen LogP contribution in [0.5, 0.6) is 0 Å². The Balaban J connectivity index is 2.40. The maximum Gasteiger partial charge on any atom is 0.308 e. The van der Waals surface area contributed by atoms with Gasteiger partial charge in [-0.1, -0.05) is 6.07 Å². The van der Waals surface area contributed by atoms with Crippen LogP contribution in [0.2, 0.25) is 0 Å². The molecule has 0 aromatic heterocycles. The van der Waals surface area contributed by atoms with Crippen molar-refractivity contribution in [3.63, 3.8) is 0 Å². The van der Waals surface area contributed by atoms with Crippen molar-refractivity contribution in [3.8, 4) is 0 Å². The van der Waals surface area contributed by atoms with Crippen molar-refractivity contribution in [2.24, 2.45) is 5.92 Å². The topological polar surface area (TPSA) is 49.3 Å². The molecule has 16 heavy (non-hydrogen) atoms. The lowest BCUT2D eigenvalue weighted by molar-refractivity contribution is -0.141. The molecule has 1 heterocycles. The number of nitrogens with one attached hydrogen (secondary N) is 1. The lowest BCUT2D eigenvalue weighted by Crippen LogP contribution is -2.22. The standard InChI is InChI=1S/C11H11F2NO2/c12-8-2-1-3-9(13)10(8)6-4-14-5-7(6)11(15)16/h1-3,6-7,14H,4-5H2,(H,15,16). The summed E-state index contributed by atoms with van der Waals surface area (Å²) in [6.07, 6.45) is 0. The molecule has 3 nitrogen and oxygen atoms in total. The van der Waals surface area contributed by atoms with E-state index in [0.717, 1.165) is 12.1 Å². The van der Waals surface area contributed by atoms with E-state index >= 15 is 0 Å². The monoisotopic (exact) mass is 227 g/mol.